The van der Waals surface area contributed by atoms with Crippen LogP contribution in [0.15, 0.2) is 30.3 Å². The van der Waals surface area contributed by atoms with Crippen molar-refractivity contribution in [3.05, 3.63) is 30.3 Å². The third-order valence-electron chi connectivity index (χ3n) is 3.51. The molecule has 0 amide bonds. The van der Waals surface area contributed by atoms with Gasteiger partial charge in [-0.25, -0.2) is 0 Å². The van der Waals surface area contributed by atoms with E-state index in [0.717, 1.165) is 12.4 Å². The quantitative estimate of drug-likeness (QED) is 0.402. The molecule has 0 atom stereocenters. The molecule has 1 aromatic rings. The van der Waals surface area contributed by atoms with Crippen molar-refractivity contribution < 1.29 is 4.74 Å². The van der Waals surface area contributed by atoms with Crippen molar-refractivity contribution in [2.45, 2.75) is 71.1 Å². The third kappa shape index (κ3) is 15.7. The van der Waals surface area contributed by atoms with E-state index in [1.807, 2.05) is 30.3 Å². The van der Waals surface area contributed by atoms with E-state index < -0.39 is 0 Å². The Balaban J connectivity index is 0. The van der Waals surface area contributed by atoms with Gasteiger partial charge in [-0.05, 0) is 18.6 Å². The van der Waals surface area contributed by atoms with E-state index in [-0.39, 0.29) is 59.1 Å². The second-order valence-corrected chi connectivity index (χ2v) is 5.34. The van der Waals surface area contributed by atoms with Gasteiger partial charge in [0.25, 0.3) is 0 Å². The Morgan fingerprint density at radius 2 is 1.14 bits per heavy atom. The van der Waals surface area contributed by atoms with E-state index in [4.69, 9.17) is 4.74 Å². The second-order valence-electron chi connectivity index (χ2n) is 5.34. The van der Waals surface area contributed by atoms with Crippen molar-refractivity contribution in [2.75, 3.05) is 6.61 Å². The van der Waals surface area contributed by atoms with Crippen LogP contribution in [-0.2, 0) is 0 Å². The molecule has 112 valence electrons. The van der Waals surface area contributed by atoms with Gasteiger partial charge in [0.15, 0.2) is 0 Å². The first kappa shape index (κ1) is 24.3. The van der Waals surface area contributed by atoms with E-state index in [9.17, 15) is 0 Å². The first-order chi connectivity index (χ1) is 9.43. The Kier molecular flexibility index (Phi) is 22.0. The van der Waals surface area contributed by atoms with Gasteiger partial charge in [0.2, 0.25) is 0 Å². The van der Waals surface area contributed by atoms with Crippen LogP contribution in [0.1, 0.15) is 71.1 Å². The first-order valence-corrected chi connectivity index (χ1v) is 8.11. The van der Waals surface area contributed by atoms with Crippen molar-refractivity contribution >= 4 is 59.1 Å². The molecule has 0 aliphatic heterocycles. The van der Waals surface area contributed by atoms with E-state index in [0.29, 0.717) is 0 Å². The summed E-state index contributed by atoms with van der Waals surface area (Å²) >= 11 is 0. The molecule has 1 nitrogen and oxygen atoms in total. The van der Waals surface area contributed by atoms with Gasteiger partial charge in [0.05, 0.1) is 6.61 Å². The van der Waals surface area contributed by atoms with Crippen LogP contribution < -0.4 is 4.74 Å². The average molecular weight is 310 g/mol. The maximum absolute atomic E-state index is 5.68. The van der Waals surface area contributed by atoms with Gasteiger partial charge >= 0.3 is 59.1 Å². The fourth-order valence-corrected chi connectivity index (χ4v) is 2.30. The Morgan fingerprint density at radius 1 is 0.667 bits per heavy atom. The van der Waals surface area contributed by atoms with E-state index in [2.05, 4.69) is 6.92 Å². The van der Waals surface area contributed by atoms with Crippen LogP contribution in [0.25, 0.3) is 0 Å². The SMILES string of the molecule is CCCCCCCCCCCCOc1ccccc1.[NaH].[NaH]. The summed E-state index contributed by atoms with van der Waals surface area (Å²) in [5.74, 6) is 0.999. The van der Waals surface area contributed by atoms with E-state index in [1.54, 1.807) is 0 Å². The molecule has 0 N–H and O–H groups in total. The Labute approximate surface area is 176 Å². The molecule has 0 aromatic heterocycles. The molecule has 1 rings (SSSR count). The minimum absolute atomic E-state index is 0. The average Bonchev–Trinajstić information content (AvgIpc) is 2.46. The molecular formula is C18H32Na2O. The first-order valence-electron chi connectivity index (χ1n) is 8.11. The van der Waals surface area contributed by atoms with Crippen LogP contribution in [-0.4, -0.2) is 65.7 Å². The molecule has 21 heavy (non-hydrogen) atoms. The monoisotopic (exact) mass is 310 g/mol. The Morgan fingerprint density at radius 3 is 1.67 bits per heavy atom. The number of rotatable bonds is 12. The fourth-order valence-electron chi connectivity index (χ4n) is 2.30. The van der Waals surface area contributed by atoms with Crippen molar-refractivity contribution in [2.24, 2.45) is 0 Å². The van der Waals surface area contributed by atoms with Crippen LogP contribution >= 0.6 is 0 Å². The van der Waals surface area contributed by atoms with Crippen LogP contribution in [0.5, 0.6) is 5.75 Å². The van der Waals surface area contributed by atoms with E-state index >= 15 is 0 Å². The van der Waals surface area contributed by atoms with Gasteiger partial charge in [-0.15, -0.1) is 0 Å². The molecule has 0 heterocycles. The molecule has 0 saturated carbocycles. The molecule has 0 aliphatic carbocycles. The Bertz CT molecular complexity index is 291. The number of para-hydroxylation sites is 1. The molecular weight excluding hydrogens is 278 g/mol. The van der Waals surface area contributed by atoms with Crippen molar-refractivity contribution in [3.8, 4) is 5.75 Å². The number of unbranched alkanes of at least 4 members (excludes halogenated alkanes) is 9. The van der Waals surface area contributed by atoms with Crippen LogP contribution in [0.3, 0.4) is 0 Å². The molecule has 3 heteroatoms. The van der Waals surface area contributed by atoms with Gasteiger partial charge in [0, 0.05) is 0 Å². The van der Waals surface area contributed by atoms with Crippen molar-refractivity contribution in [3.63, 3.8) is 0 Å². The number of hydrogen-bond acceptors (Lipinski definition) is 1. The molecule has 1 aromatic carbocycles. The zero-order valence-electron chi connectivity index (χ0n) is 12.6. The summed E-state index contributed by atoms with van der Waals surface area (Å²) in [6.07, 6.45) is 13.7. The molecule has 0 fully saturated rings. The summed E-state index contributed by atoms with van der Waals surface area (Å²) in [4.78, 5) is 0. The van der Waals surface area contributed by atoms with Gasteiger partial charge in [-0.1, -0.05) is 82.9 Å². The minimum atomic E-state index is 0. The predicted molar refractivity (Wildman–Crippen MR) is 98.1 cm³/mol. The summed E-state index contributed by atoms with van der Waals surface area (Å²) < 4.78 is 5.68. The summed E-state index contributed by atoms with van der Waals surface area (Å²) in [7, 11) is 0. The maximum atomic E-state index is 5.68. The molecule has 0 radical (unpaired) electrons. The van der Waals surface area contributed by atoms with Gasteiger partial charge in [0.1, 0.15) is 5.75 Å². The normalized spacial score (nSPS) is 9.57. The van der Waals surface area contributed by atoms with E-state index in [1.165, 1.54) is 64.2 Å². The Hall–Kier alpha value is 1.02. The summed E-state index contributed by atoms with van der Waals surface area (Å²) in [6.45, 7) is 3.14. The van der Waals surface area contributed by atoms with Crippen molar-refractivity contribution in [1.29, 1.82) is 0 Å². The third-order valence-corrected chi connectivity index (χ3v) is 3.51. The molecule has 0 spiro atoms. The van der Waals surface area contributed by atoms with Crippen molar-refractivity contribution in [1.82, 2.24) is 0 Å². The second kappa shape index (κ2) is 19.1. The van der Waals surface area contributed by atoms with Gasteiger partial charge in [-0.3, -0.25) is 0 Å². The summed E-state index contributed by atoms with van der Waals surface area (Å²) in [5, 5.41) is 0. The summed E-state index contributed by atoms with van der Waals surface area (Å²) in [5.41, 5.74) is 0. The number of hydrogen-bond donors (Lipinski definition) is 0. The zero-order valence-corrected chi connectivity index (χ0v) is 12.6. The molecule has 0 saturated heterocycles. The number of ether oxygens (including phenoxy) is 1. The molecule has 0 bridgehead atoms. The number of benzene rings is 1. The van der Waals surface area contributed by atoms with Gasteiger partial charge in [-0.2, -0.15) is 0 Å². The molecule has 0 aliphatic rings. The standard InChI is InChI=1S/C18H30O.2Na.2H/c1-2-3-4-5-6-7-8-9-10-14-17-19-18-15-12-11-13-16-18;;;;/h11-13,15-16H,2-10,14,17H2,1H3;;;;. The topological polar surface area (TPSA) is 9.23 Å². The van der Waals surface area contributed by atoms with Gasteiger partial charge < -0.3 is 4.74 Å². The fraction of sp³-hybridized carbons (Fsp3) is 0.667. The van der Waals surface area contributed by atoms with Crippen LogP contribution in [0.2, 0.25) is 0 Å². The zero-order chi connectivity index (χ0) is 13.6. The van der Waals surface area contributed by atoms with Crippen LogP contribution in [0, 0.1) is 0 Å². The molecule has 0 unspecified atom stereocenters. The summed E-state index contributed by atoms with van der Waals surface area (Å²) in [6, 6.07) is 10.1. The van der Waals surface area contributed by atoms with Crippen LogP contribution in [0.4, 0.5) is 0 Å². The predicted octanol–water partition coefficient (Wildman–Crippen LogP) is 4.69.